The Labute approximate surface area is 76.2 Å². The number of carbonyl (C=O) groups excluding carboxylic acids is 1. The third-order valence-corrected chi connectivity index (χ3v) is 2.25. The van der Waals surface area contributed by atoms with Crippen molar-refractivity contribution in [1.82, 2.24) is 4.98 Å². The van der Waals surface area contributed by atoms with Crippen LogP contribution in [0.2, 0.25) is 0 Å². The fourth-order valence-corrected chi connectivity index (χ4v) is 1.52. The van der Waals surface area contributed by atoms with Crippen LogP contribution in [0.5, 0.6) is 0 Å². The second-order valence-electron chi connectivity index (χ2n) is 3.15. The molecular weight excluding hydrogens is 166 g/mol. The Morgan fingerprint density at radius 2 is 2.54 bits per heavy atom. The molecule has 0 saturated heterocycles. The van der Waals surface area contributed by atoms with E-state index in [2.05, 4.69) is 10.3 Å². The lowest BCUT2D eigenvalue weighted by Gasteiger charge is -2.23. The van der Waals surface area contributed by atoms with Gasteiger partial charge in [-0.1, -0.05) is 6.07 Å². The fourth-order valence-electron chi connectivity index (χ4n) is 1.52. The first-order valence-corrected chi connectivity index (χ1v) is 4.27. The van der Waals surface area contributed by atoms with Gasteiger partial charge in [-0.2, -0.15) is 0 Å². The summed E-state index contributed by atoms with van der Waals surface area (Å²) in [6.07, 6.45) is 3.33. The molecule has 13 heavy (non-hydrogen) atoms. The molecule has 0 fully saturated rings. The van der Waals surface area contributed by atoms with E-state index in [0.29, 0.717) is 0 Å². The Balaban J connectivity index is 2.24. The predicted molar refractivity (Wildman–Crippen MR) is 49.2 cm³/mol. The molecular formula is C9H11N3O. The van der Waals surface area contributed by atoms with Crippen molar-refractivity contribution >= 4 is 11.7 Å². The Morgan fingerprint density at radius 3 is 3.31 bits per heavy atom. The summed E-state index contributed by atoms with van der Waals surface area (Å²) >= 11 is 0. The Hall–Kier alpha value is -1.58. The first kappa shape index (κ1) is 8.04. The number of primary amides is 1. The van der Waals surface area contributed by atoms with Gasteiger partial charge in [-0.15, -0.1) is 0 Å². The number of pyridine rings is 1. The summed E-state index contributed by atoms with van der Waals surface area (Å²) < 4.78 is 0. The van der Waals surface area contributed by atoms with E-state index in [-0.39, 0.29) is 11.9 Å². The van der Waals surface area contributed by atoms with Crippen LogP contribution in [0.4, 0.5) is 5.82 Å². The van der Waals surface area contributed by atoms with Crippen molar-refractivity contribution in [2.24, 2.45) is 5.73 Å². The van der Waals surface area contributed by atoms with Gasteiger partial charge in [0.05, 0.1) is 0 Å². The molecule has 2 heterocycles. The topological polar surface area (TPSA) is 68.0 Å². The number of nitrogens with one attached hydrogen (secondary N) is 1. The number of nitrogens with two attached hydrogens (primary N) is 1. The van der Waals surface area contributed by atoms with Crippen LogP contribution in [-0.2, 0) is 11.2 Å². The number of aryl methyl sites for hydroxylation is 1. The van der Waals surface area contributed by atoms with Gasteiger partial charge in [-0.05, 0) is 24.5 Å². The molecule has 4 nitrogen and oxygen atoms in total. The lowest BCUT2D eigenvalue weighted by atomic mass is 10.0. The van der Waals surface area contributed by atoms with Gasteiger partial charge in [0.1, 0.15) is 11.9 Å². The van der Waals surface area contributed by atoms with E-state index in [0.717, 1.165) is 24.2 Å². The molecule has 1 unspecified atom stereocenters. The zero-order valence-electron chi connectivity index (χ0n) is 7.16. The molecule has 4 heteroatoms. The highest BCUT2D eigenvalue weighted by Crippen LogP contribution is 2.21. The van der Waals surface area contributed by atoms with Gasteiger partial charge < -0.3 is 11.1 Å². The molecule has 0 saturated carbocycles. The molecule has 0 bridgehead atoms. The zero-order valence-corrected chi connectivity index (χ0v) is 7.16. The number of hydrogen-bond donors (Lipinski definition) is 2. The van der Waals surface area contributed by atoms with Crippen LogP contribution >= 0.6 is 0 Å². The van der Waals surface area contributed by atoms with Crippen LogP contribution in [0, 0.1) is 0 Å². The Kier molecular flexibility index (Phi) is 1.88. The van der Waals surface area contributed by atoms with E-state index in [9.17, 15) is 4.79 Å². The molecule has 0 aliphatic carbocycles. The minimum atomic E-state index is -0.309. The number of hydrogen-bond acceptors (Lipinski definition) is 3. The Bertz CT molecular complexity index is 337. The Morgan fingerprint density at radius 1 is 1.69 bits per heavy atom. The van der Waals surface area contributed by atoms with Gasteiger partial charge in [0.15, 0.2) is 0 Å². The van der Waals surface area contributed by atoms with E-state index >= 15 is 0 Å². The standard InChI is InChI=1S/C9H11N3O/c10-8(13)7-4-3-6-2-1-5-11-9(6)12-7/h1-2,5,7H,3-4H2,(H2,10,13)(H,11,12). The van der Waals surface area contributed by atoms with E-state index < -0.39 is 0 Å². The number of nitrogens with zero attached hydrogens (tertiary/aromatic N) is 1. The summed E-state index contributed by atoms with van der Waals surface area (Å²) in [5.74, 6) is 0.480. The lowest BCUT2D eigenvalue weighted by molar-refractivity contribution is -0.118. The third-order valence-electron chi connectivity index (χ3n) is 2.25. The van der Waals surface area contributed by atoms with Crippen LogP contribution in [0.25, 0.3) is 0 Å². The van der Waals surface area contributed by atoms with Crippen molar-refractivity contribution in [3.63, 3.8) is 0 Å². The third kappa shape index (κ3) is 1.47. The number of amides is 1. The predicted octanol–water partition coefficient (Wildman–Crippen LogP) is 0.294. The second kappa shape index (κ2) is 3.05. The van der Waals surface area contributed by atoms with Gasteiger partial charge in [-0.25, -0.2) is 4.98 Å². The monoisotopic (exact) mass is 177 g/mol. The van der Waals surface area contributed by atoms with Crippen molar-refractivity contribution in [2.75, 3.05) is 5.32 Å². The summed E-state index contributed by atoms with van der Waals surface area (Å²) in [7, 11) is 0. The number of aromatic nitrogens is 1. The molecule has 1 atom stereocenters. The van der Waals surface area contributed by atoms with Crippen molar-refractivity contribution < 1.29 is 4.79 Å². The SMILES string of the molecule is NC(=O)C1CCc2cccnc2N1. The van der Waals surface area contributed by atoms with Crippen LogP contribution in [0.1, 0.15) is 12.0 Å². The molecule has 1 aliphatic heterocycles. The van der Waals surface area contributed by atoms with Gasteiger partial charge in [0.25, 0.3) is 0 Å². The highest BCUT2D eigenvalue weighted by Gasteiger charge is 2.21. The molecule has 1 aromatic rings. The van der Waals surface area contributed by atoms with E-state index in [1.807, 2.05) is 12.1 Å². The normalized spacial score (nSPS) is 20.2. The number of fused-ring (bicyclic) bond motifs is 1. The van der Waals surface area contributed by atoms with Crippen molar-refractivity contribution in [2.45, 2.75) is 18.9 Å². The summed E-state index contributed by atoms with van der Waals surface area (Å²) in [4.78, 5) is 15.0. The maximum absolute atomic E-state index is 10.9. The molecule has 1 amide bonds. The molecule has 1 aromatic heterocycles. The molecule has 0 radical (unpaired) electrons. The highest BCUT2D eigenvalue weighted by molar-refractivity contribution is 5.83. The van der Waals surface area contributed by atoms with Gasteiger partial charge in [0.2, 0.25) is 5.91 Å². The zero-order chi connectivity index (χ0) is 9.26. The maximum Gasteiger partial charge on any atom is 0.239 e. The molecule has 68 valence electrons. The number of anilines is 1. The average molecular weight is 177 g/mol. The van der Waals surface area contributed by atoms with Crippen LogP contribution in [0.3, 0.4) is 0 Å². The molecule has 2 rings (SSSR count). The van der Waals surface area contributed by atoms with Gasteiger partial charge >= 0.3 is 0 Å². The summed E-state index contributed by atoms with van der Waals surface area (Å²) in [6, 6.07) is 3.64. The highest BCUT2D eigenvalue weighted by atomic mass is 16.1. The summed E-state index contributed by atoms with van der Waals surface area (Å²) in [5.41, 5.74) is 6.35. The lowest BCUT2D eigenvalue weighted by Crippen LogP contribution is -2.38. The molecule has 0 aromatic carbocycles. The molecule has 3 N–H and O–H groups in total. The largest absolute Gasteiger partial charge is 0.368 e. The van der Waals surface area contributed by atoms with Crippen molar-refractivity contribution in [3.8, 4) is 0 Å². The fraction of sp³-hybridized carbons (Fsp3) is 0.333. The number of carbonyl (C=O) groups is 1. The van der Waals surface area contributed by atoms with E-state index in [4.69, 9.17) is 5.73 Å². The van der Waals surface area contributed by atoms with Crippen LogP contribution < -0.4 is 11.1 Å². The summed E-state index contributed by atoms with van der Waals surface area (Å²) in [5, 5.41) is 3.01. The van der Waals surface area contributed by atoms with Crippen LogP contribution in [-0.4, -0.2) is 16.9 Å². The molecule has 0 spiro atoms. The maximum atomic E-state index is 10.9. The average Bonchev–Trinajstić information content (AvgIpc) is 2.17. The molecule has 1 aliphatic rings. The van der Waals surface area contributed by atoms with Gasteiger partial charge in [0, 0.05) is 6.20 Å². The summed E-state index contributed by atoms with van der Waals surface area (Å²) in [6.45, 7) is 0. The minimum Gasteiger partial charge on any atom is -0.368 e. The quantitative estimate of drug-likeness (QED) is 0.648. The van der Waals surface area contributed by atoms with Crippen molar-refractivity contribution in [1.29, 1.82) is 0 Å². The van der Waals surface area contributed by atoms with E-state index in [1.165, 1.54) is 0 Å². The smallest absolute Gasteiger partial charge is 0.239 e. The first-order valence-electron chi connectivity index (χ1n) is 4.27. The van der Waals surface area contributed by atoms with Crippen LogP contribution in [0.15, 0.2) is 18.3 Å². The minimum absolute atomic E-state index is 0.262. The first-order chi connectivity index (χ1) is 6.27. The van der Waals surface area contributed by atoms with Crippen molar-refractivity contribution in [3.05, 3.63) is 23.9 Å². The second-order valence-corrected chi connectivity index (χ2v) is 3.15. The van der Waals surface area contributed by atoms with Gasteiger partial charge in [-0.3, -0.25) is 4.79 Å². The van der Waals surface area contributed by atoms with E-state index in [1.54, 1.807) is 6.20 Å². The number of rotatable bonds is 1.